The van der Waals surface area contributed by atoms with Gasteiger partial charge in [0.2, 0.25) is 0 Å². The number of fused-ring (bicyclic) bond motifs is 1. The topological polar surface area (TPSA) is 42.4 Å². The van der Waals surface area contributed by atoms with Crippen LogP contribution in [0, 0.1) is 24.5 Å². The van der Waals surface area contributed by atoms with Crippen LogP contribution in [0.25, 0.3) is 21.2 Å². The van der Waals surface area contributed by atoms with Gasteiger partial charge in [0, 0.05) is 30.0 Å². The summed E-state index contributed by atoms with van der Waals surface area (Å²) in [5.74, 6) is -0.226. The maximum Gasteiger partial charge on any atom is 0.266 e. The molecule has 0 atom stereocenters. The van der Waals surface area contributed by atoms with Crippen molar-refractivity contribution in [2.75, 3.05) is 7.11 Å². The molecule has 5 rings (SSSR count). The predicted octanol–water partition coefficient (Wildman–Crippen LogP) is 8.82. The number of thiophene rings is 1. The molecule has 2 heterocycles. The van der Waals surface area contributed by atoms with E-state index in [4.69, 9.17) is 16.3 Å². The van der Waals surface area contributed by atoms with Crippen LogP contribution in [0.2, 0.25) is 5.02 Å². The number of hydrogen-bond acceptors (Lipinski definition) is 4. The number of hydrogen-bond donors (Lipinski definition) is 0. The van der Waals surface area contributed by atoms with Gasteiger partial charge in [-0.1, -0.05) is 31.0 Å². The van der Waals surface area contributed by atoms with E-state index in [2.05, 4.69) is 11.9 Å². The highest BCUT2D eigenvalue weighted by atomic mass is 35.5. The van der Waals surface area contributed by atoms with Crippen molar-refractivity contribution in [3.8, 4) is 16.9 Å². The zero-order valence-electron chi connectivity index (χ0n) is 22.3. The molecule has 2 aromatic carbocycles. The molecule has 1 saturated carbocycles. The summed E-state index contributed by atoms with van der Waals surface area (Å²) in [4.78, 5) is 20.5. The molecule has 0 bridgehead atoms. The zero-order valence-corrected chi connectivity index (χ0v) is 23.8. The summed E-state index contributed by atoms with van der Waals surface area (Å²) in [7, 11) is 1.61. The minimum atomic E-state index is -0.635. The molecule has 0 aliphatic heterocycles. The quantitative estimate of drug-likeness (QED) is 0.224. The Bertz CT molecular complexity index is 1510. The van der Waals surface area contributed by atoms with E-state index in [-0.39, 0.29) is 38.5 Å². The van der Waals surface area contributed by atoms with Crippen LogP contribution in [-0.4, -0.2) is 28.9 Å². The summed E-state index contributed by atoms with van der Waals surface area (Å²) in [6.45, 7) is 4.43. The monoisotopic (exact) mass is 568 g/mol. The van der Waals surface area contributed by atoms with Crippen LogP contribution in [0.15, 0.2) is 48.7 Å². The molecule has 4 aromatic rings. The van der Waals surface area contributed by atoms with Gasteiger partial charge in [-0.15, -0.1) is 11.3 Å². The van der Waals surface area contributed by atoms with Gasteiger partial charge >= 0.3 is 0 Å². The Hall–Kier alpha value is -3.03. The Kier molecular flexibility index (Phi) is 8.19. The molecule has 1 fully saturated rings. The summed E-state index contributed by atoms with van der Waals surface area (Å²) in [5.41, 5.74) is 3.77. The highest BCUT2D eigenvalue weighted by molar-refractivity contribution is 7.21. The van der Waals surface area contributed by atoms with E-state index >= 15 is 0 Å². The highest BCUT2D eigenvalue weighted by Crippen LogP contribution is 2.41. The number of rotatable bonds is 7. The molecule has 2 aromatic heterocycles. The summed E-state index contributed by atoms with van der Waals surface area (Å²) in [6, 6.07) is 12.0. The molecule has 1 amide bonds. The van der Waals surface area contributed by atoms with Gasteiger partial charge in [0.15, 0.2) is 0 Å². The normalized spacial score (nSPS) is 17.4. The number of amides is 1. The Morgan fingerprint density at radius 2 is 1.79 bits per heavy atom. The molecule has 1 aliphatic carbocycles. The standard InChI is InChI=1S/C31H31ClF2N2O2S/c1-4-19-5-8-23(9-6-19)36(31(37)30-28(32)27-24(33)10-11-25(34)29(27)39-30)17-22-16-20(7-12-26(22)38-3)21-13-14-35-18(2)15-21/h7,10-16,19,23H,4-6,8-9,17H2,1-3H3/t19-,23-. The van der Waals surface area contributed by atoms with Crippen molar-refractivity contribution >= 4 is 38.9 Å². The number of benzene rings is 2. The fourth-order valence-corrected chi connectivity index (χ4v) is 7.09. The minimum Gasteiger partial charge on any atom is -0.496 e. The number of carbonyl (C=O) groups is 1. The van der Waals surface area contributed by atoms with Gasteiger partial charge in [0.05, 0.1) is 22.2 Å². The van der Waals surface area contributed by atoms with Crippen LogP contribution in [0.4, 0.5) is 8.78 Å². The van der Waals surface area contributed by atoms with E-state index < -0.39 is 11.6 Å². The summed E-state index contributed by atoms with van der Waals surface area (Å²) < 4.78 is 35.0. The smallest absolute Gasteiger partial charge is 0.266 e. The molecule has 8 heteroatoms. The summed E-state index contributed by atoms with van der Waals surface area (Å²) in [5, 5.41) is -0.0653. The zero-order chi connectivity index (χ0) is 27.7. The molecule has 0 radical (unpaired) electrons. The van der Waals surface area contributed by atoms with Crippen LogP contribution in [0.3, 0.4) is 0 Å². The van der Waals surface area contributed by atoms with Crippen molar-refractivity contribution in [1.29, 1.82) is 0 Å². The van der Waals surface area contributed by atoms with E-state index in [0.29, 0.717) is 11.7 Å². The van der Waals surface area contributed by atoms with Crippen LogP contribution in [0.5, 0.6) is 5.75 Å². The number of pyridine rings is 1. The van der Waals surface area contributed by atoms with Crippen molar-refractivity contribution in [2.24, 2.45) is 5.92 Å². The van der Waals surface area contributed by atoms with Crippen LogP contribution in [0.1, 0.15) is 60.0 Å². The number of ether oxygens (including phenoxy) is 1. The Morgan fingerprint density at radius 3 is 2.46 bits per heavy atom. The van der Waals surface area contributed by atoms with E-state index in [0.717, 1.165) is 78.0 Å². The molecular formula is C31H31ClF2N2O2S. The van der Waals surface area contributed by atoms with Crippen molar-refractivity contribution in [3.05, 3.63) is 81.5 Å². The number of carbonyl (C=O) groups excluding carboxylic acids is 1. The van der Waals surface area contributed by atoms with Gasteiger partial charge in [-0.3, -0.25) is 9.78 Å². The van der Waals surface area contributed by atoms with E-state index in [9.17, 15) is 13.6 Å². The Labute approximate surface area is 236 Å². The molecule has 204 valence electrons. The third-order valence-electron chi connectivity index (χ3n) is 7.82. The van der Waals surface area contributed by atoms with Gasteiger partial charge < -0.3 is 9.64 Å². The number of aryl methyl sites for hydroxylation is 1. The first-order chi connectivity index (χ1) is 18.8. The molecule has 0 N–H and O–H groups in total. The fraction of sp³-hybridized carbons (Fsp3) is 0.355. The second-order valence-corrected chi connectivity index (χ2v) is 11.6. The molecule has 39 heavy (non-hydrogen) atoms. The number of halogens is 3. The first-order valence-corrected chi connectivity index (χ1v) is 14.5. The molecule has 0 spiro atoms. The summed E-state index contributed by atoms with van der Waals surface area (Å²) >= 11 is 7.48. The SMILES string of the molecule is CC[C@H]1CC[C@H](N(Cc2cc(-c3ccnc(C)c3)ccc2OC)C(=O)c2sc3c(F)ccc(F)c3c2Cl)CC1. The average Bonchev–Trinajstić information content (AvgIpc) is 3.31. The van der Waals surface area contributed by atoms with E-state index in [1.165, 1.54) is 0 Å². The maximum atomic E-state index is 14.6. The first-order valence-electron chi connectivity index (χ1n) is 13.3. The van der Waals surface area contributed by atoms with Gasteiger partial charge in [-0.05, 0) is 86.1 Å². The van der Waals surface area contributed by atoms with Crippen LogP contribution < -0.4 is 4.74 Å². The Balaban J connectivity index is 1.56. The number of nitrogens with zero attached hydrogens (tertiary/aromatic N) is 2. The number of methoxy groups -OCH3 is 1. The minimum absolute atomic E-state index is 0.0206. The molecule has 0 unspecified atom stereocenters. The van der Waals surface area contributed by atoms with Crippen molar-refractivity contribution in [3.63, 3.8) is 0 Å². The van der Waals surface area contributed by atoms with Crippen LogP contribution in [-0.2, 0) is 6.54 Å². The van der Waals surface area contributed by atoms with Gasteiger partial charge in [-0.25, -0.2) is 8.78 Å². The second-order valence-electron chi connectivity index (χ2n) is 10.2. The van der Waals surface area contributed by atoms with Crippen molar-refractivity contribution < 1.29 is 18.3 Å². The Morgan fingerprint density at radius 1 is 1.08 bits per heavy atom. The lowest BCUT2D eigenvalue weighted by molar-refractivity contribution is 0.0591. The lowest BCUT2D eigenvalue weighted by atomic mass is 9.83. The fourth-order valence-electron chi connectivity index (χ4n) is 5.59. The lowest BCUT2D eigenvalue weighted by Crippen LogP contribution is -2.41. The van der Waals surface area contributed by atoms with Crippen LogP contribution >= 0.6 is 22.9 Å². The first kappa shape index (κ1) is 27.5. The molecule has 4 nitrogen and oxygen atoms in total. The predicted molar refractivity (Wildman–Crippen MR) is 154 cm³/mol. The lowest BCUT2D eigenvalue weighted by Gasteiger charge is -2.37. The van der Waals surface area contributed by atoms with Gasteiger partial charge in [-0.2, -0.15) is 0 Å². The second kappa shape index (κ2) is 11.6. The molecular weight excluding hydrogens is 538 g/mol. The molecule has 0 saturated heterocycles. The average molecular weight is 569 g/mol. The maximum absolute atomic E-state index is 14.6. The molecule has 1 aliphatic rings. The summed E-state index contributed by atoms with van der Waals surface area (Å²) in [6.07, 6.45) is 6.67. The van der Waals surface area contributed by atoms with Gasteiger partial charge in [0.25, 0.3) is 5.91 Å². The van der Waals surface area contributed by atoms with Crippen molar-refractivity contribution in [1.82, 2.24) is 9.88 Å². The van der Waals surface area contributed by atoms with Crippen molar-refractivity contribution in [2.45, 2.75) is 58.5 Å². The van der Waals surface area contributed by atoms with Gasteiger partial charge in [0.1, 0.15) is 22.3 Å². The van der Waals surface area contributed by atoms with E-state index in [1.807, 2.05) is 42.2 Å². The van der Waals surface area contributed by atoms with E-state index in [1.54, 1.807) is 13.3 Å². The largest absolute Gasteiger partial charge is 0.496 e. The third kappa shape index (κ3) is 5.52. The highest BCUT2D eigenvalue weighted by Gasteiger charge is 2.33. The number of aromatic nitrogens is 1. The third-order valence-corrected chi connectivity index (χ3v) is 9.50.